The largest absolute Gasteiger partial charge is 0.472 e. The first-order chi connectivity index (χ1) is 14.1. The van der Waals surface area contributed by atoms with Gasteiger partial charge in [-0.15, -0.1) is 0 Å². The lowest BCUT2D eigenvalue weighted by Crippen LogP contribution is -2.08. The van der Waals surface area contributed by atoms with Gasteiger partial charge in [-0.1, -0.05) is 90.9 Å². The Balaban J connectivity index is 3.31. The molecule has 0 rings (SSSR count). The Kier molecular flexibility index (Phi) is 22.7. The number of phosphoric acid groups is 1. The normalized spacial score (nSPS) is 12.0. The number of hydrogen-bond donors (Lipinski definition) is 1. The molecular formula is C22H47O6P. The van der Waals surface area contributed by atoms with E-state index < -0.39 is 7.82 Å². The highest BCUT2D eigenvalue weighted by Crippen LogP contribution is 2.42. The van der Waals surface area contributed by atoms with Crippen molar-refractivity contribution in [2.75, 3.05) is 39.6 Å². The molecule has 0 amide bonds. The fraction of sp³-hybridized carbons (Fsp3) is 1.00. The van der Waals surface area contributed by atoms with Gasteiger partial charge in [-0.3, -0.25) is 9.05 Å². The van der Waals surface area contributed by atoms with Crippen molar-refractivity contribution >= 4 is 7.82 Å². The monoisotopic (exact) mass is 438 g/mol. The number of ether oxygens (including phenoxy) is 2. The smallest absolute Gasteiger partial charge is 0.379 e. The van der Waals surface area contributed by atoms with Crippen LogP contribution < -0.4 is 0 Å². The molecule has 0 unspecified atom stereocenters. The average molecular weight is 439 g/mol. The summed E-state index contributed by atoms with van der Waals surface area (Å²) in [5.74, 6) is 0. The van der Waals surface area contributed by atoms with Crippen LogP contribution in [0.1, 0.15) is 104 Å². The molecule has 29 heavy (non-hydrogen) atoms. The van der Waals surface area contributed by atoms with Gasteiger partial charge in [0, 0.05) is 13.2 Å². The Morgan fingerprint density at radius 3 is 1.24 bits per heavy atom. The van der Waals surface area contributed by atoms with E-state index >= 15 is 0 Å². The van der Waals surface area contributed by atoms with E-state index in [1.54, 1.807) is 0 Å². The molecule has 0 bridgehead atoms. The third-order valence-electron chi connectivity index (χ3n) is 4.75. The van der Waals surface area contributed by atoms with Gasteiger partial charge in [0.1, 0.15) is 0 Å². The summed E-state index contributed by atoms with van der Waals surface area (Å²) in [7, 11) is -4.01. The molecule has 0 aromatic carbocycles. The molecule has 6 nitrogen and oxygen atoms in total. The van der Waals surface area contributed by atoms with Gasteiger partial charge >= 0.3 is 7.82 Å². The molecule has 0 aliphatic heterocycles. The van der Waals surface area contributed by atoms with Gasteiger partial charge < -0.3 is 14.4 Å². The predicted molar refractivity (Wildman–Crippen MR) is 119 cm³/mol. The molecular weight excluding hydrogens is 391 g/mol. The topological polar surface area (TPSA) is 74.2 Å². The van der Waals surface area contributed by atoms with Crippen LogP contribution in [0.4, 0.5) is 0 Å². The van der Waals surface area contributed by atoms with Gasteiger partial charge in [0.05, 0.1) is 26.4 Å². The van der Waals surface area contributed by atoms with Crippen LogP contribution in [0.5, 0.6) is 0 Å². The van der Waals surface area contributed by atoms with Crippen molar-refractivity contribution in [2.45, 2.75) is 104 Å². The SMILES string of the molecule is CCCCCCCCCOCCOP(=O)(O)OCCOCCCCCCCCC. The van der Waals surface area contributed by atoms with Crippen LogP contribution in [0.2, 0.25) is 0 Å². The molecule has 176 valence electrons. The summed E-state index contributed by atoms with van der Waals surface area (Å²) in [6, 6.07) is 0. The molecule has 0 aromatic heterocycles. The molecule has 1 N–H and O–H groups in total. The van der Waals surface area contributed by atoms with Crippen molar-refractivity contribution in [2.24, 2.45) is 0 Å². The van der Waals surface area contributed by atoms with Crippen LogP contribution in [-0.2, 0) is 23.1 Å². The summed E-state index contributed by atoms with van der Waals surface area (Å²) in [6.07, 6.45) is 17.3. The van der Waals surface area contributed by atoms with E-state index in [4.69, 9.17) is 18.5 Å². The Bertz CT molecular complexity index is 337. The van der Waals surface area contributed by atoms with Gasteiger partial charge in [-0.2, -0.15) is 0 Å². The Morgan fingerprint density at radius 1 is 0.517 bits per heavy atom. The van der Waals surface area contributed by atoms with Crippen LogP contribution in [-0.4, -0.2) is 44.5 Å². The van der Waals surface area contributed by atoms with E-state index in [2.05, 4.69) is 13.8 Å². The van der Waals surface area contributed by atoms with Crippen LogP contribution in [0.25, 0.3) is 0 Å². The molecule has 0 atom stereocenters. The molecule has 0 spiro atoms. The standard InChI is InChI=1S/C22H47O6P/c1-3-5-7-9-11-13-15-17-25-19-21-27-29(23,24)28-22-20-26-18-16-14-12-10-8-6-4-2/h3-22H2,1-2H3,(H,23,24). The van der Waals surface area contributed by atoms with Gasteiger partial charge in [-0.25, -0.2) is 4.57 Å². The summed E-state index contributed by atoms with van der Waals surface area (Å²) in [4.78, 5) is 9.60. The summed E-state index contributed by atoms with van der Waals surface area (Å²) >= 11 is 0. The van der Waals surface area contributed by atoms with Crippen molar-refractivity contribution in [3.05, 3.63) is 0 Å². The molecule has 0 aliphatic rings. The highest BCUT2D eigenvalue weighted by Gasteiger charge is 2.20. The van der Waals surface area contributed by atoms with Crippen LogP contribution in [0.3, 0.4) is 0 Å². The quantitative estimate of drug-likeness (QED) is 0.134. The zero-order valence-corrected chi connectivity index (χ0v) is 20.0. The molecule has 7 heteroatoms. The van der Waals surface area contributed by atoms with Crippen molar-refractivity contribution in [3.63, 3.8) is 0 Å². The summed E-state index contributed by atoms with van der Waals surface area (Å²) in [5, 5.41) is 0. The third-order valence-corrected chi connectivity index (χ3v) is 5.77. The number of phosphoric ester groups is 1. The summed E-state index contributed by atoms with van der Waals surface area (Å²) in [6.45, 7) is 6.50. The minimum absolute atomic E-state index is 0.0587. The van der Waals surface area contributed by atoms with Crippen molar-refractivity contribution in [1.29, 1.82) is 0 Å². The Hall–Kier alpha value is 0.0300. The summed E-state index contributed by atoms with van der Waals surface area (Å²) in [5.41, 5.74) is 0. The lowest BCUT2D eigenvalue weighted by atomic mass is 10.1. The average Bonchev–Trinajstić information content (AvgIpc) is 2.70. The van der Waals surface area contributed by atoms with Gasteiger partial charge in [0.2, 0.25) is 0 Å². The number of hydrogen-bond acceptors (Lipinski definition) is 5. The first-order valence-corrected chi connectivity index (χ1v) is 13.4. The fourth-order valence-electron chi connectivity index (χ4n) is 2.99. The lowest BCUT2D eigenvalue weighted by Gasteiger charge is -2.12. The minimum Gasteiger partial charge on any atom is -0.379 e. The Labute approximate surface area is 179 Å². The minimum atomic E-state index is -4.01. The van der Waals surface area contributed by atoms with Gasteiger partial charge in [-0.05, 0) is 12.8 Å². The second-order valence-electron chi connectivity index (χ2n) is 7.60. The molecule has 0 aromatic rings. The van der Waals surface area contributed by atoms with E-state index in [0.29, 0.717) is 26.4 Å². The van der Waals surface area contributed by atoms with Crippen molar-refractivity contribution in [1.82, 2.24) is 0 Å². The van der Waals surface area contributed by atoms with E-state index in [9.17, 15) is 9.46 Å². The van der Waals surface area contributed by atoms with Crippen molar-refractivity contribution < 1.29 is 28.0 Å². The maximum absolute atomic E-state index is 11.7. The molecule has 0 radical (unpaired) electrons. The molecule has 0 heterocycles. The zero-order valence-electron chi connectivity index (χ0n) is 19.1. The second kappa shape index (κ2) is 22.7. The maximum Gasteiger partial charge on any atom is 0.472 e. The zero-order chi connectivity index (χ0) is 21.5. The number of rotatable bonds is 24. The van der Waals surface area contributed by atoms with E-state index in [1.165, 1.54) is 77.0 Å². The molecule has 0 saturated heterocycles. The molecule has 0 aliphatic carbocycles. The van der Waals surface area contributed by atoms with E-state index in [-0.39, 0.29) is 13.2 Å². The predicted octanol–water partition coefficient (Wildman–Crippen LogP) is 6.65. The first-order valence-electron chi connectivity index (χ1n) is 11.9. The van der Waals surface area contributed by atoms with Gasteiger partial charge in [0.15, 0.2) is 0 Å². The fourth-order valence-corrected chi connectivity index (χ4v) is 3.67. The van der Waals surface area contributed by atoms with Crippen LogP contribution >= 0.6 is 7.82 Å². The lowest BCUT2D eigenvalue weighted by molar-refractivity contribution is 0.0564. The summed E-state index contributed by atoms with van der Waals surface area (Å²) < 4.78 is 32.4. The third kappa shape index (κ3) is 24.2. The van der Waals surface area contributed by atoms with Crippen molar-refractivity contribution in [3.8, 4) is 0 Å². The highest BCUT2D eigenvalue weighted by molar-refractivity contribution is 7.47. The molecule has 0 saturated carbocycles. The van der Waals surface area contributed by atoms with Crippen LogP contribution in [0.15, 0.2) is 0 Å². The number of unbranched alkanes of at least 4 members (excludes halogenated alkanes) is 12. The molecule has 0 fully saturated rings. The maximum atomic E-state index is 11.7. The first kappa shape index (κ1) is 29.0. The second-order valence-corrected chi connectivity index (χ2v) is 9.06. The Morgan fingerprint density at radius 2 is 0.862 bits per heavy atom. The highest BCUT2D eigenvalue weighted by atomic mass is 31.2. The van der Waals surface area contributed by atoms with Gasteiger partial charge in [0.25, 0.3) is 0 Å². The van der Waals surface area contributed by atoms with E-state index in [1.807, 2.05) is 0 Å². The van der Waals surface area contributed by atoms with E-state index in [0.717, 1.165) is 12.8 Å². The van der Waals surface area contributed by atoms with Crippen LogP contribution in [0, 0.1) is 0 Å².